The summed E-state index contributed by atoms with van der Waals surface area (Å²) in [4.78, 5) is 4.78. The number of aryl methyl sites for hydroxylation is 1. The van der Waals surface area contributed by atoms with E-state index in [0.717, 1.165) is 37.7 Å². The lowest BCUT2D eigenvalue weighted by molar-refractivity contribution is 0.542. The van der Waals surface area contributed by atoms with Crippen LogP contribution in [0.4, 0.5) is 0 Å². The van der Waals surface area contributed by atoms with E-state index in [1.54, 1.807) is 6.33 Å². The molecule has 2 rings (SSSR count). The number of benzene rings is 1. The zero-order valence-electron chi connectivity index (χ0n) is 17.4. The molecule has 0 aliphatic heterocycles. The van der Waals surface area contributed by atoms with Crippen LogP contribution in [-0.2, 0) is 19.5 Å². The van der Waals surface area contributed by atoms with Gasteiger partial charge in [0.25, 0.3) is 0 Å². The maximum Gasteiger partial charge on any atom is 0.191 e. The van der Waals surface area contributed by atoms with Gasteiger partial charge >= 0.3 is 0 Å². The normalized spacial score (nSPS) is 12.3. The minimum Gasteiger partial charge on any atom is -0.355 e. The third kappa shape index (κ3) is 9.03. The standard InChI is InChI=1S/C21H34N6.HI/c1-4-6-8-11-18(3)25-21(23-16-19-12-9-7-10-13-19)22-14-15-27-17-24-26-20(27)5-2;/h7,9-10,12-13,17-18H,4-6,8,11,14-16H2,1-3H3,(H2,22,23,25);1H. The van der Waals surface area contributed by atoms with Crippen molar-refractivity contribution in [3.63, 3.8) is 0 Å². The van der Waals surface area contributed by atoms with Crippen LogP contribution in [0.15, 0.2) is 41.7 Å². The molecular weight excluding hydrogens is 463 g/mol. The van der Waals surface area contributed by atoms with Gasteiger partial charge in [0.1, 0.15) is 12.2 Å². The Bertz CT molecular complexity index is 671. The highest BCUT2D eigenvalue weighted by Crippen LogP contribution is 2.04. The van der Waals surface area contributed by atoms with E-state index in [-0.39, 0.29) is 24.0 Å². The number of nitrogens with one attached hydrogen (secondary N) is 2. The summed E-state index contributed by atoms with van der Waals surface area (Å²) in [6, 6.07) is 10.8. The van der Waals surface area contributed by atoms with Crippen LogP contribution in [-0.4, -0.2) is 33.3 Å². The molecule has 156 valence electrons. The minimum absolute atomic E-state index is 0. The Kier molecular flexibility index (Phi) is 12.5. The maximum atomic E-state index is 4.78. The van der Waals surface area contributed by atoms with Crippen LogP contribution in [0, 0.1) is 0 Å². The third-order valence-corrected chi connectivity index (χ3v) is 4.54. The summed E-state index contributed by atoms with van der Waals surface area (Å²) in [5, 5.41) is 15.2. The summed E-state index contributed by atoms with van der Waals surface area (Å²) in [6.45, 7) is 8.84. The van der Waals surface area contributed by atoms with Crippen molar-refractivity contribution in [1.82, 2.24) is 25.4 Å². The molecule has 1 atom stereocenters. The Morgan fingerprint density at radius 1 is 1.18 bits per heavy atom. The van der Waals surface area contributed by atoms with Crippen LogP contribution in [0.5, 0.6) is 0 Å². The van der Waals surface area contributed by atoms with Gasteiger partial charge in [-0.1, -0.05) is 63.4 Å². The molecule has 1 aromatic carbocycles. The molecule has 0 saturated heterocycles. The molecule has 1 heterocycles. The average molecular weight is 498 g/mol. The zero-order valence-corrected chi connectivity index (χ0v) is 19.7. The van der Waals surface area contributed by atoms with Gasteiger partial charge < -0.3 is 15.2 Å². The van der Waals surface area contributed by atoms with Crippen LogP contribution < -0.4 is 10.6 Å². The van der Waals surface area contributed by atoms with Crippen molar-refractivity contribution in [3.8, 4) is 0 Å². The number of hydrogen-bond acceptors (Lipinski definition) is 3. The second kappa shape index (κ2) is 14.4. The van der Waals surface area contributed by atoms with Crippen LogP contribution in [0.1, 0.15) is 57.8 Å². The molecule has 0 saturated carbocycles. The van der Waals surface area contributed by atoms with Crippen LogP contribution in [0.25, 0.3) is 0 Å². The Morgan fingerprint density at radius 3 is 2.68 bits per heavy atom. The molecule has 0 fully saturated rings. The second-order valence-electron chi connectivity index (χ2n) is 6.91. The molecule has 2 N–H and O–H groups in total. The fraction of sp³-hybridized carbons (Fsp3) is 0.571. The topological polar surface area (TPSA) is 67.1 Å². The quantitative estimate of drug-likeness (QED) is 0.211. The largest absolute Gasteiger partial charge is 0.355 e. The van der Waals surface area contributed by atoms with Gasteiger partial charge in [0, 0.05) is 25.6 Å². The Balaban J connectivity index is 0.00000392. The highest BCUT2D eigenvalue weighted by Gasteiger charge is 2.07. The number of nitrogens with zero attached hydrogens (tertiary/aromatic N) is 4. The lowest BCUT2D eigenvalue weighted by atomic mass is 10.1. The first-order chi connectivity index (χ1) is 13.2. The third-order valence-electron chi connectivity index (χ3n) is 4.54. The fourth-order valence-electron chi connectivity index (χ4n) is 2.95. The molecule has 0 bridgehead atoms. The Hall–Kier alpha value is -1.64. The van der Waals surface area contributed by atoms with E-state index in [9.17, 15) is 0 Å². The van der Waals surface area contributed by atoms with Gasteiger partial charge in [-0.15, -0.1) is 34.2 Å². The molecule has 28 heavy (non-hydrogen) atoms. The number of aliphatic imine (C=N–C) groups is 1. The van der Waals surface area contributed by atoms with E-state index in [2.05, 4.69) is 70.4 Å². The van der Waals surface area contributed by atoms with Gasteiger partial charge in [0.2, 0.25) is 0 Å². The van der Waals surface area contributed by atoms with Gasteiger partial charge in [-0.25, -0.2) is 4.99 Å². The van der Waals surface area contributed by atoms with Gasteiger partial charge in [-0.2, -0.15) is 0 Å². The van der Waals surface area contributed by atoms with Crippen molar-refractivity contribution in [3.05, 3.63) is 48.0 Å². The molecule has 6 nitrogen and oxygen atoms in total. The predicted molar refractivity (Wildman–Crippen MR) is 127 cm³/mol. The van der Waals surface area contributed by atoms with E-state index in [1.807, 2.05) is 6.07 Å². The van der Waals surface area contributed by atoms with Crippen LogP contribution in [0.2, 0.25) is 0 Å². The van der Waals surface area contributed by atoms with Crippen LogP contribution >= 0.6 is 24.0 Å². The molecule has 0 spiro atoms. The maximum absolute atomic E-state index is 4.78. The molecule has 0 aliphatic rings. The lowest BCUT2D eigenvalue weighted by Gasteiger charge is -2.18. The van der Waals surface area contributed by atoms with Crippen LogP contribution in [0.3, 0.4) is 0 Å². The number of aromatic nitrogens is 3. The molecular formula is C21H35IN6. The van der Waals surface area contributed by atoms with Gasteiger partial charge in [-0.3, -0.25) is 0 Å². The summed E-state index contributed by atoms with van der Waals surface area (Å²) in [5.74, 6) is 1.88. The highest BCUT2D eigenvalue weighted by atomic mass is 127. The summed E-state index contributed by atoms with van der Waals surface area (Å²) in [7, 11) is 0. The second-order valence-corrected chi connectivity index (χ2v) is 6.91. The monoisotopic (exact) mass is 498 g/mol. The predicted octanol–water partition coefficient (Wildman–Crippen LogP) is 4.16. The molecule has 1 unspecified atom stereocenters. The first-order valence-electron chi connectivity index (χ1n) is 10.2. The Labute approximate surface area is 186 Å². The van der Waals surface area contributed by atoms with Crippen molar-refractivity contribution in [2.24, 2.45) is 4.99 Å². The van der Waals surface area contributed by atoms with Crippen molar-refractivity contribution in [2.75, 3.05) is 6.54 Å². The van der Waals surface area contributed by atoms with Gasteiger partial charge in [0.05, 0.1) is 6.54 Å². The lowest BCUT2D eigenvalue weighted by Crippen LogP contribution is -2.43. The number of halogens is 1. The van der Waals surface area contributed by atoms with Gasteiger partial charge in [0.15, 0.2) is 5.96 Å². The first-order valence-corrected chi connectivity index (χ1v) is 10.2. The zero-order chi connectivity index (χ0) is 19.3. The summed E-state index contributed by atoms with van der Waals surface area (Å²) in [6.07, 6.45) is 7.62. The van der Waals surface area contributed by atoms with Crippen molar-refractivity contribution in [1.29, 1.82) is 0 Å². The SMILES string of the molecule is CCCCCC(C)NC(=NCc1ccccc1)NCCn1cnnc1CC.I. The number of guanidine groups is 1. The first kappa shape index (κ1) is 24.4. The van der Waals surface area contributed by atoms with E-state index in [4.69, 9.17) is 4.99 Å². The average Bonchev–Trinajstić information content (AvgIpc) is 3.14. The Morgan fingerprint density at radius 2 is 1.96 bits per heavy atom. The van der Waals surface area contributed by atoms with Crippen molar-refractivity contribution < 1.29 is 0 Å². The molecule has 0 amide bonds. The van der Waals surface area contributed by atoms with E-state index in [0.29, 0.717) is 12.6 Å². The molecule has 1 aromatic heterocycles. The van der Waals surface area contributed by atoms with Crippen molar-refractivity contribution in [2.45, 2.75) is 72.0 Å². The minimum atomic E-state index is 0. The summed E-state index contributed by atoms with van der Waals surface area (Å²) < 4.78 is 2.09. The molecule has 7 heteroatoms. The smallest absolute Gasteiger partial charge is 0.191 e. The molecule has 2 aromatic rings. The number of rotatable bonds is 11. The van der Waals surface area contributed by atoms with E-state index < -0.39 is 0 Å². The summed E-state index contributed by atoms with van der Waals surface area (Å²) >= 11 is 0. The fourth-order valence-corrected chi connectivity index (χ4v) is 2.95. The molecule has 0 radical (unpaired) electrons. The highest BCUT2D eigenvalue weighted by molar-refractivity contribution is 14.0. The van der Waals surface area contributed by atoms with Crippen molar-refractivity contribution >= 4 is 29.9 Å². The molecule has 0 aliphatic carbocycles. The van der Waals surface area contributed by atoms with E-state index in [1.165, 1.54) is 24.8 Å². The van der Waals surface area contributed by atoms with E-state index >= 15 is 0 Å². The summed E-state index contributed by atoms with van der Waals surface area (Å²) in [5.41, 5.74) is 1.21. The van der Waals surface area contributed by atoms with Gasteiger partial charge in [-0.05, 0) is 18.9 Å². The number of hydrogen-bond donors (Lipinski definition) is 2. The number of unbranched alkanes of at least 4 members (excludes halogenated alkanes) is 2.